The Morgan fingerprint density at radius 2 is 2.47 bits per heavy atom. The van der Waals surface area contributed by atoms with Gasteiger partial charge in [-0.2, -0.15) is 0 Å². The van der Waals surface area contributed by atoms with Crippen LogP contribution in [-0.4, -0.2) is 46.6 Å². The maximum Gasteiger partial charge on any atom is 0.322 e. The second-order valence-electron chi connectivity index (χ2n) is 3.89. The molecule has 0 saturated carbocycles. The molecule has 0 radical (unpaired) electrons. The number of piperazine rings is 1. The van der Waals surface area contributed by atoms with Gasteiger partial charge in [0.15, 0.2) is 0 Å². The highest BCUT2D eigenvalue weighted by Crippen LogP contribution is 2.09. The molecule has 0 spiro atoms. The summed E-state index contributed by atoms with van der Waals surface area (Å²) in [7, 11) is 0. The van der Waals surface area contributed by atoms with Crippen molar-refractivity contribution < 1.29 is 9.90 Å². The number of hydrogen-bond acceptors (Lipinski definition) is 4. The lowest BCUT2D eigenvalue weighted by atomic mass is 10.1. The van der Waals surface area contributed by atoms with E-state index in [2.05, 4.69) is 10.3 Å². The van der Waals surface area contributed by atoms with Crippen molar-refractivity contribution in [2.24, 2.45) is 0 Å². The minimum absolute atomic E-state index is 0. The van der Waals surface area contributed by atoms with Crippen LogP contribution in [0.2, 0.25) is 0 Å². The van der Waals surface area contributed by atoms with Crippen LogP contribution in [0.1, 0.15) is 5.56 Å². The summed E-state index contributed by atoms with van der Waals surface area (Å²) in [6, 6.07) is 3.40. The molecule has 2 N–H and O–H groups in total. The summed E-state index contributed by atoms with van der Waals surface area (Å²) in [4.78, 5) is 17.1. The summed E-state index contributed by atoms with van der Waals surface area (Å²) >= 11 is 0. The fraction of sp³-hybridized carbons (Fsp3) is 0.455. The summed E-state index contributed by atoms with van der Waals surface area (Å²) in [6.07, 6.45) is 3.50. The van der Waals surface area contributed by atoms with E-state index in [9.17, 15) is 4.79 Å². The standard InChI is InChI=1S/C11H15N3O2.ClH/c15-11(16)10-7-13-4-5-14(10)8-9-2-1-3-12-6-9;/h1-3,6,10,13H,4-5,7-8H2,(H,15,16);1H. The maximum atomic E-state index is 11.1. The number of carbonyl (C=O) groups is 1. The first-order valence-electron chi connectivity index (χ1n) is 5.34. The molecular weight excluding hydrogens is 242 g/mol. The molecule has 1 fully saturated rings. The smallest absolute Gasteiger partial charge is 0.322 e. The van der Waals surface area contributed by atoms with Crippen LogP contribution in [0.5, 0.6) is 0 Å². The third-order valence-electron chi connectivity index (χ3n) is 2.75. The zero-order valence-electron chi connectivity index (χ0n) is 9.37. The van der Waals surface area contributed by atoms with E-state index in [1.54, 1.807) is 12.4 Å². The number of aliphatic carboxylic acids is 1. The fourth-order valence-corrected chi connectivity index (χ4v) is 1.91. The zero-order chi connectivity index (χ0) is 11.4. The third-order valence-corrected chi connectivity index (χ3v) is 2.75. The molecule has 1 saturated heterocycles. The van der Waals surface area contributed by atoms with Gasteiger partial charge >= 0.3 is 5.97 Å². The topological polar surface area (TPSA) is 65.5 Å². The number of pyridine rings is 1. The first-order valence-corrected chi connectivity index (χ1v) is 5.34. The van der Waals surface area contributed by atoms with Gasteiger partial charge in [0.25, 0.3) is 0 Å². The Hall–Kier alpha value is -1.17. The van der Waals surface area contributed by atoms with Crippen molar-refractivity contribution in [3.63, 3.8) is 0 Å². The van der Waals surface area contributed by atoms with Gasteiger partial charge in [-0.1, -0.05) is 6.07 Å². The summed E-state index contributed by atoms with van der Waals surface area (Å²) in [5.41, 5.74) is 1.05. The Balaban J connectivity index is 0.00000144. The largest absolute Gasteiger partial charge is 0.480 e. The predicted molar refractivity (Wildman–Crippen MR) is 66.2 cm³/mol. The molecule has 0 bridgehead atoms. The van der Waals surface area contributed by atoms with Crippen LogP contribution in [-0.2, 0) is 11.3 Å². The lowest BCUT2D eigenvalue weighted by molar-refractivity contribution is -0.144. The second-order valence-corrected chi connectivity index (χ2v) is 3.89. The molecule has 1 aliphatic heterocycles. The molecule has 1 aliphatic rings. The van der Waals surface area contributed by atoms with E-state index < -0.39 is 12.0 Å². The third kappa shape index (κ3) is 3.66. The Labute approximate surface area is 106 Å². The Kier molecular flexibility index (Phi) is 5.34. The van der Waals surface area contributed by atoms with Gasteiger partial charge in [-0.05, 0) is 11.6 Å². The van der Waals surface area contributed by atoms with E-state index in [1.165, 1.54) is 0 Å². The summed E-state index contributed by atoms with van der Waals surface area (Å²) in [5.74, 6) is -0.768. The minimum Gasteiger partial charge on any atom is -0.480 e. The average molecular weight is 258 g/mol. The number of hydrogen-bond donors (Lipinski definition) is 2. The van der Waals surface area contributed by atoms with Crippen molar-refractivity contribution >= 4 is 18.4 Å². The van der Waals surface area contributed by atoms with E-state index in [0.717, 1.165) is 18.7 Å². The van der Waals surface area contributed by atoms with Crippen LogP contribution in [0.3, 0.4) is 0 Å². The van der Waals surface area contributed by atoms with Gasteiger partial charge in [-0.3, -0.25) is 14.7 Å². The van der Waals surface area contributed by atoms with Gasteiger partial charge in [0.1, 0.15) is 6.04 Å². The molecule has 94 valence electrons. The molecule has 0 aliphatic carbocycles. The van der Waals surface area contributed by atoms with Crippen molar-refractivity contribution in [3.05, 3.63) is 30.1 Å². The molecule has 1 unspecified atom stereocenters. The highest BCUT2D eigenvalue weighted by molar-refractivity contribution is 5.85. The number of nitrogens with zero attached hydrogens (tertiary/aromatic N) is 2. The average Bonchev–Trinajstić information content (AvgIpc) is 2.31. The van der Waals surface area contributed by atoms with Crippen LogP contribution < -0.4 is 5.32 Å². The van der Waals surface area contributed by atoms with Crippen molar-refractivity contribution in [1.82, 2.24) is 15.2 Å². The molecule has 1 aromatic rings. The number of rotatable bonds is 3. The zero-order valence-corrected chi connectivity index (χ0v) is 10.2. The first kappa shape index (κ1) is 13.9. The van der Waals surface area contributed by atoms with E-state index >= 15 is 0 Å². The minimum atomic E-state index is -0.768. The van der Waals surface area contributed by atoms with Crippen LogP contribution in [0.15, 0.2) is 24.5 Å². The van der Waals surface area contributed by atoms with Crippen molar-refractivity contribution in [1.29, 1.82) is 0 Å². The highest BCUT2D eigenvalue weighted by atomic mass is 35.5. The fourth-order valence-electron chi connectivity index (χ4n) is 1.91. The molecule has 0 amide bonds. The summed E-state index contributed by atoms with van der Waals surface area (Å²) in [6.45, 7) is 2.75. The van der Waals surface area contributed by atoms with E-state index in [1.807, 2.05) is 17.0 Å². The molecule has 2 rings (SSSR count). The number of halogens is 1. The normalized spacial score (nSPS) is 20.6. The Bertz CT molecular complexity index is 361. The molecule has 1 atom stereocenters. The van der Waals surface area contributed by atoms with Gasteiger partial charge in [0.2, 0.25) is 0 Å². The number of carboxylic acid groups (broad SMARTS) is 1. The van der Waals surface area contributed by atoms with Gasteiger partial charge < -0.3 is 10.4 Å². The number of aromatic nitrogens is 1. The Morgan fingerprint density at radius 1 is 1.65 bits per heavy atom. The molecule has 6 heteroatoms. The SMILES string of the molecule is Cl.O=C(O)C1CNCCN1Cc1cccnc1. The summed E-state index contributed by atoms with van der Waals surface area (Å²) in [5, 5.41) is 12.2. The molecular formula is C11H16ClN3O2. The van der Waals surface area contributed by atoms with Gasteiger partial charge in [-0.25, -0.2) is 0 Å². The first-order chi connectivity index (χ1) is 7.77. The van der Waals surface area contributed by atoms with Gasteiger partial charge in [-0.15, -0.1) is 12.4 Å². The maximum absolute atomic E-state index is 11.1. The molecule has 2 heterocycles. The van der Waals surface area contributed by atoms with Crippen LogP contribution in [0.4, 0.5) is 0 Å². The molecule has 1 aromatic heterocycles. The quantitative estimate of drug-likeness (QED) is 0.819. The molecule has 17 heavy (non-hydrogen) atoms. The van der Waals surface area contributed by atoms with E-state index in [0.29, 0.717) is 13.1 Å². The van der Waals surface area contributed by atoms with Crippen LogP contribution in [0, 0.1) is 0 Å². The second kappa shape index (κ2) is 6.54. The van der Waals surface area contributed by atoms with Crippen molar-refractivity contribution in [2.45, 2.75) is 12.6 Å². The highest BCUT2D eigenvalue weighted by Gasteiger charge is 2.27. The van der Waals surface area contributed by atoms with Crippen molar-refractivity contribution in [2.75, 3.05) is 19.6 Å². The Morgan fingerprint density at radius 3 is 3.12 bits per heavy atom. The van der Waals surface area contributed by atoms with Gasteiger partial charge in [0, 0.05) is 38.6 Å². The number of nitrogens with one attached hydrogen (secondary N) is 1. The van der Waals surface area contributed by atoms with Crippen molar-refractivity contribution in [3.8, 4) is 0 Å². The lowest BCUT2D eigenvalue weighted by Crippen LogP contribution is -2.54. The van der Waals surface area contributed by atoms with Crippen LogP contribution >= 0.6 is 12.4 Å². The summed E-state index contributed by atoms with van der Waals surface area (Å²) < 4.78 is 0. The number of carboxylic acids is 1. The molecule has 0 aromatic carbocycles. The van der Waals surface area contributed by atoms with Crippen LogP contribution in [0.25, 0.3) is 0 Å². The van der Waals surface area contributed by atoms with E-state index in [-0.39, 0.29) is 12.4 Å². The monoisotopic (exact) mass is 257 g/mol. The molecule has 5 nitrogen and oxygen atoms in total. The lowest BCUT2D eigenvalue weighted by Gasteiger charge is -2.33. The predicted octanol–water partition coefficient (Wildman–Crippen LogP) is 0.362. The van der Waals surface area contributed by atoms with Gasteiger partial charge in [0.05, 0.1) is 0 Å². The van der Waals surface area contributed by atoms with E-state index in [4.69, 9.17) is 5.11 Å².